The molecule has 0 spiro atoms. The largest absolute Gasteiger partial charge is 0.508 e. The Kier molecular flexibility index (Phi) is 9.50. The number of ether oxygens (including phenoxy) is 4. The van der Waals surface area contributed by atoms with Gasteiger partial charge in [0.1, 0.15) is 35.0 Å². The molecule has 2 aliphatic rings. The molecule has 0 saturated carbocycles. The molecule has 0 radical (unpaired) electrons. The van der Waals surface area contributed by atoms with Crippen LogP contribution in [0, 0.1) is 0 Å². The molecule has 0 fully saturated rings. The van der Waals surface area contributed by atoms with Crippen molar-refractivity contribution >= 4 is 12.1 Å². The summed E-state index contributed by atoms with van der Waals surface area (Å²) in [6.07, 6.45) is 0.731. The zero-order valence-corrected chi connectivity index (χ0v) is 25.0. The summed E-state index contributed by atoms with van der Waals surface area (Å²) in [5, 5.41) is 43.6. The molecule has 12 nitrogen and oxygen atoms in total. The fourth-order valence-electron chi connectivity index (χ4n) is 5.57. The van der Waals surface area contributed by atoms with E-state index in [4.69, 9.17) is 24.7 Å². The number of unbranched alkanes of at least 4 members (excludes halogenated alkanes) is 1. The predicted molar refractivity (Wildman–Crippen MR) is 155 cm³/mol. The van der Waals surface area contributed by atoms with Crippen LogP contribution in [0.25, 0.3) is 0 Å². The first-order chi connectivity index (χ1) is 20.2. The van der Waals surface area contributed by atoms with Gasteiger partial charge in [0.25, 0.3) is 0 Å². The summed E-state index contributed by atoms with van der Waals surface area (Å²) in [5.74, 6) is -1.19. The Balaban J connectivity index is 1.46. The van der Waals surface area contributed by atoms with Gasteiger partial charge in [-0.1, -0.05) is 0 Å². The molecule has 0 bridgehead atoms. The van der Waals surface area contributed by atoms with Gasteiger partial charge in [-0.15, -0.1) is 0 Å². The molecule has 4 atom stereocenters. The highest BCUT2D eigenvalue weighted by Gasteiger charge is 2.47. The number of carbonyl (C=O) groups excluding carboxylic acids is 2. The lowest BCUT2D eigenvalue weighted by molar-refractivity contribution is -0.157. The maximum absolute atomic E-state index is 12.9. The van der Waals surface area contributed by atoms with Crippen LogP contribution in [0.5, 0.6) is 28.7 Å². The maximum Gasteiger partial charge on any atom is 0.408 e. The third-order valence-corrected chi connectivity index (χ3v) is 7.57. The summed E-state index contributed by atoms with van der Waals surface area (Å²) in [5.41, 5.74) is 5.56. The van der Waals surface area contributed by atoms with Crippen molar-refractivity contribution in [2.75, 3.05) is 13.2 Å². The molecule has 2 aromatic rings. The van der Waals surface area contributed by atoms with E-state index < -0.39 is 41.5 Å². The molecule has 4 rings (SSSR count). The molecule has 43 heavy (non-hydrogen) atoms. The van der Waals surface area contributed by atoms with E-state index in [2.05, 4.69) is 5.32 Å². The smallest absolute Gasteiger partial charge is 0.408 e. The summed E-state index contributed by atoms with van der Waals surface area (Å²) < 4.78 is 23.5. The zero-order valence-electron chi connectivity index (χ0n) is 25.0. The minimum Gasteiger partial charge on any atom is -0.508 e. The molecule has 1 amide bonds. The second-order valence-corrected chi connectivity index (χ2v) is 12.3. The van der Waals surface area contributed by atoms with E-state index in [0.29, 0.717) is 61.1 Å². The highest BCUT2D eigenvalue weighted by Crippen LogP contribution is 2.52. The van der Waals surface area contributed by atoms with Crippen LogP contribution in [-0.2, 0) is 31.0 Å². The van der Waals surface area contributed by atoms with E-state index in [-0.39, 0.29) is 36.0 Å². The Bertz CT molecular complexity index is 1340. The number of hydrogen-bond acceptors (Lipinski definition) is 11. The van der Waals surface area contributed by atoms with E-state index in [1.165, 1.54) is 24.3 Å². The van der Waals surface area contributed by atoms with Crippen LogP contribution in [0.2, 0.25) is 0 Å². The van der Waals surface area contributed by atoms with E-state index in [0.717, 1.165) is 0 Å². The fraction of sp³-hybridized carbons (Fsp3) is 0.548. The van der Waals surface area contributed by atoms with Crippen molar-refractivity contribution in [3.8, 4) is 28.7 Å². The van der Waals surface area contributed by atoms with Gasteiger partial charge < -0.3 is 50.4 Å². The Labute approximate surface area is 250 Å². The molecule has 2 unspecified atom stereocenters. The highest BCUT2D eigenvalue weighted by molar-refractivity contribution is 5.81. The van der Waals surface area contributed by atoms with E-state index in [1.54, 1.807) is 20.8 Å². The Morgan fingerprint density at radius 1 is 1.07 bits per heavy atom. The molecule has 2 aromatic carbocycles. The van der Waals surface area contributed by atoms with Crippen LogP contribution in [0.1, 0.15) is 82.6 Å². The van der Waals surface area contributed by atoms with Crippen molar-refractivity contribution in [3.63, 3.8) is 0 Å². The van der Waals surface area contributed by atoms with Crippen molar-refractivity contribution in [1.29, 1.82) is 0 Å². The first kappa shape index (κ1) is 32.0. The number of phenols is 4. The van der Waals surface area contributed by atoms with Gasteiger partial charge in [0.2, 0.25) is 0 Å². The number of hydrogen-bond donors (Lipinski definition) is 6. The molecule has 7 N–H and O–H groups in total. The molecule has 2 aliphatic heterocycles. The number of aromatic hydroxyl groups is 4. The number of fused-ring (bicyclic) bond motifs is 4. The summed E-state index contributed by atoms with van der Waals surface area (Å²) >= 11 is 0. The first-order valence-electron chi connectivity index (χ1n) is 14.5. The van der Waals surface area contributed by atoms with Crippen molar-refractivity contribution in [2.45, 2.75) is 95.7 Å². The minimum absolute atomic E-state index is 0.0358. The van der Waals surface area contributed by atoms with Crippen LogP contribution in [0.15, 0.2) is 24.3 Å². The Morgan fingerprint density at radius 2 is 1.79 bits per heavy atom. The number of benzene rings is 2. The van der Waals surface area contributed by atoms with E-state index in [9.17, 15) is 30.0 Å². The number of alkyl carbamates (subject to hydrolysis) is 1. The van der Waals surface area contributed by atoms with Gasteiger partial charge >= 0.3 is 12.1 Å². The molecule has 236 valence electrons. The quantitative estimate of drug-likeness (QED) is 0.130. The monoisotopic (exact) mass is 602 g/mol. The standard InChI is InChI=1S/C31H42N2O10/c1-30(2,3)43-29(39)33-21(8-5-6-10-32)28(38)40-11-7-9-31(4)20-16-24(37)23(36)14-18(20)27-26(42-31)15-19-22(35)12-17(34)13-25(19)41-27/h12-14,16,21,26-27,34-37H,5-11,15,32H2,1-4H3,(H,33,39)/t21?,26-,27+,31?/m0/s1. The third-order valence-electron chi connectivity index (χ3n) is 7.57. The SMILES string of the molecule is CC(C)(C)OC(=O)NC(CCCCN)C(=O)OCCCC1(C)O[C@H]2Cc3c(O)cc(O)cc3O[C@@H]2c2cc(O)c(O)cc21. The lowest BCUT2D eigenvalue weighted by Crippen LogP contribution is -2.46. The topological polar surface area (TPSA) is 190 Å². The lowest BCUT2D eigenvalue weighted by atomic mass is 9.79. The highest BCUT2D eigenvalue weighted by atomic mass is 16.6. The summed E-state index contributed by atoms with van der Waals surface area (Å²) in [7, 11) is 0. The van der Waals surface area contributed by atoms with Gasteiger partial charge in [-0.25, -0.2) is 9.59 Å². The van der Waals surface area contributed by atoms with Crippen molar-refractivity contribution in [1.82, 2.24) is 5.32 Å². The van der Waals surface area contributed by atoms with Crippen LogP contribution in [0.3, 0.4) is 0 Å². The molecule has 2 heterocycles. The van der Waals surface area contributed by atoms with Gasteiger partial charge in [0, 0.05) is 29.7 Å². The Hall–Kier alpha value is -3.90. The maximum atomic E-state index is 12.9. The number of rotatable bonds is 10. The van der Waals surface area contributed by atoms with Crippen LogP contribution < -0.4 is 15.8 Å². The number of esters is 1. The van der Waals surface area contributed by atoms with Gasteiger partial charge in [-0.2, -0.15) is 0 Å². The number of amides is 1. The van der Waals surface area contributed by atoms with Crippen LogP contribution >= 0.6 is 0 Å². The van der Waals surface area contributed by atoms with Gasteiger partial charge in [0.15, 0.2) is 17.6 Å². The third kappa shape index (κ3) is 7.55. The molecule has 0 aliphatic carbocycles. The van der Waals surface area contributed by atoms with Gasteiger partial charge in [0.05, 0.1) is 12.2 Å². The predicted octanol–water partition coefficient (Wildman–Crippen LogP) is 4.14. The van der Waals surface area contributed by atoms with Gasteiger partial charge in [-0.05, 0) is 84.0 Å². The van der Waals surface area contributed by atoms with Crippen molar-refractivity contribution in [3.05, 3.63) is 41.0 Å². The molecular weight excluding hydrogens is 560 g/mol. The minimum atomic E-state index is -0.975. The average Bonchev–Trinajstić information content (AvgIpc) is 2.90. The van der Waals surface area contributed by atoms with Crippen molar-refractivity contribution in [2.24, 2.45) is 5.73 Å². The fourth-order valence-corrected chi connectivity index (χ4v) is 5.57. The first-order valence-corrected chi connectivity index (χ1v) is 14.5. The molecular formula is C31H42N2O10. The average molecular weight is 603 g/mol. The summed E-state index contributed by atoms with van der Waals surface area (Å²) in [4.78, 5) is 25.3. The lowest BCUT2D eigenvalue weighted by Gasteiger charge is -2.46. The molecule has 0 saturated heterocycles. The number of nitrogens with one attached hydrogen (secondary N) is 1. The summed E-state index contributed by atoms with van der Waals surface area (Å²) in [6.45, 7) is 7.53. The van der Waals surface area contributed by atoms with Gasteiger partial charge in [-0.3, -0.25) is 0 Å². The number of phenolic OH excluding ortho intramolecular Hbond substituents is 4. The summed E-state index contributed by atoms with van der Waals surface area (Å²) in [6, 6.07) is 4.62. The van der Waals surface area contributed by atoms with E-state index in [1.807, 2.05) is 6.92 Å². The second kappa shape index (κ2) is 12.8. The zero-order chi connectivity index (χ0) is 31.5. The Morgan fingerprint density at radius 3 is 2.49 bits per heavy atom. The second-order valence-electron chi connectivity index (χ2n) is 12.3. The number of carbonyl (C=O) groups is 2. The van der Waals surface area contributed by atoms with Crippen LogP contribution in [-0.4, -0.2) is 63.4 Å². The van der Waals surface area contributed by atoms with Crippen molar-refractivity contribution < 1.29 is 49.0 Å². The van der Waals surface area contributed by atoms with Crippen LogP contribution in [0.4, 0.5) is 4.79 Å². The van der Waals surface area contributed by atoms with E-state index >= 15 is 0 Å². The number of nitrogens with two attached hydrogens (primary N) is 1. The molecule has 0 aromatic heterocycles. The normalized spacial score (nSPS) is 21.4. The molecule has 12 heteroatoms.